The van der Waals surface area contributed by atoms with Crippen LogP contribution < -0.4 is 15.0 Å². The van der Waals surface area contributed by atoms with Gasteiger partial charge in [0.25, 0.3) is 12.3 Å². The lowest BCUT2D eigenvalue weighted by molar-refractivity contribution is 0.0717. The average molecular weight is 563 g/mol. The summed E-state index contributed by atoms with van der Waals surface area (Å²) in [5.74, 6) is 0.689. The maximum atomic E-state index is 14.9. The number of halogens is 3. The molecular weight excluding hydrogens is 533 g/mol. The number of rotatable bonds is 5. The number of anilines is 2. The lowest BCUT2D eigenvalue weighted by atomic mass is 10.0. The standard InChI is InChI=1S/C30H29F3N6O2/c1-17(21-6-3-7-22(27(21)31)28(32)33)35-29-23-13-25-26(14-24(23)36-18(2)37-29)41-12-8-20-16-38(10-11-39(20)25)30(40)19-5-4-9-34-15-19/h3-7,9,13-15,17,20,28H,8,10-12,16H2,1-2H3,(H,35,36,37)/t17-,20+/m1/s1. The summed E-state index contributed by atoms with van der Waals surface area (Å²) in [5.41, 5.74) is 1.57. The molecule has 1 amide bonds. The number of piperazine rings is 1. The molecule has 0 spiro atoms. The van der Waals surface area contributed by atoms with E-state index < -0.39 is 23.8 Å². The van der Waals surface area contributed by atoms with Gasteiger partial charge < -0.3 is 19.9 Å². The molecule has 0 saturated carbocycles. The minimum atomic E-state index is -2.91. The molecule has 0 aliphatic carbocycles. The number of alkyl halides is 2. The third-order valence-electron chi connectivity index (χ3n) is 7.70. The van der Waals surface area contributed by atoms with Crippen LogP contribution in [0.15, 0.2) is 54.9 Å². The Bertz CT molecular complexity index is 1600. The van der Waals surface area contributed by atoms with Crippen molar-refractivity contribution in [3.63, 3.8) is 0 Å². The first kappa shape index (κ1) is 26.8. The summed E-state index contributed by atoms with van der Waals surface area (Å²) in [6, 6.07) is 10.8. The zero-order chi connectivity index (χ0) is 28.7. The Labute approximate surface area is 235 Å². The molecular formula is C30H29F3N6O2. The Morgan fingerprint density at radius 2 is 1.95 bits per heavy atom. The molecule has 1 N–H and O–H groups in total. The molecule has 212 valence electrons. The van der Waals surface area contributed by atoms with Crippen molar-refractivity contribution >= 4 is 28.3 Å². The van der Waals surface area contributed by atoms with Crippen LogP contribution in [0.5, 0.6) is 5.75 Å². The molecule has 1 fully saturated rings. The van der Waals surface area contributed by atoms with Gasteiger partial charge in [0.05, 0.1) is 41.0 Å². The lowest BCUT2D eigenvalue weighted by Gasteiger charge is -2.42. The maximum Gasteiger partial charge on any atom is 0.266 e. The maximum absolute atomic E-state index is 14.9. The van der Waals surface area contributed by atoms with E-state index in [4.69, 9.17) is 4.74 Å². The Kier molecular flexibility index (Phi) is 7.10. The van der Waals surface area contributed by atoms with E-state index in [9.17, 15) is 18.0 Å². The number of nitrogens with zero attached hydrogens (tertiary/aromatic N) is 5. The molecule has 0 bridgehead atoms. The number of pyridine rings is 1. The van der Waals surface area contributed by atoms with E-state index in [0.717, 1.165) is 18.2 Å². The second kappa shape index (κ2) is 10.9. The van der Waals surface area contributed by atoms with Gasteiger partial charge in [-0.3, -0.25) is 9.78 Å². The Morgan fingerprint density at radius 1 is 1.12 bits per heavy atom. The molecule has 1 saturated heterocycles. The number of amides is 1. The van der Waals surface area contributed by atoms with E-state index in [1.54, 1.807) is 38.4 Å². The van der Waals surface area contributed by atoms with Gasteiger partial charge in [-0.1, -0.05) is 18.2 Å². The Morgan fingerprint density at radius 3 is 2.73 bits per heavy atom. The van der Waals surface area contributed by atoms with Crippen molar-refractivity contribution in [2.75, 3.05) is 36.5 Å². The fourth-order valence-electron chi connectivity index (χ4n) is 5.65. The monoisotopic (exact) mass is 562 g/mol. The number of fused-ring (bicyclic) bond motifs is 4. The van der Waals surface area contributed by atoms with Crippen molar-refractivity contribution in [3.8, 4) is 5.75 Å². The van der Waals surface area contributed by atoms with E-state index >= 15 is 0 Å². The molecule has 2 aliphatic heterocycles. The summed E-state index contributed by atoms with van der Waals surface area (Å²) < 4.78 is 47.7. The molecule has 4 heterocycles. The smallest absolute Gasteiger partial charge is 0.266 e. The van der Waals surface area contributed by atoms with Crippen molar-refractivity contribution < 1.29 is 22.7 Å². The van der Waals surface area contributed by atoms with Gasteiger partial charge in [0.1, 0.15) is 23.2 Å². The summed E-state index contributed by atoms with van der Waals surface area (Å²) in [6.45, 7) is 5.64. The number of hydrogen-bond donors (Lipinski definition) is 1. The van der Waals surface area contributed by atoms with Crippen molar-refractivity contribution in [3.05, 3.63) is 83.2 Å². The van der Waals surface area contributed by atoms with Crippen molar-refractivity contribution in [1.29, 1.82) is 0 Å². The minimum Gasteiger partial charge on any atom is -0.491 e. The van der Waals surface area contributed by atoms with E-state index in [2.05, 4.69) is 25.2 Å². The molecule has 6 rings (SSSR count). The first-order chi connectivity index (χ1) is 19.8. The molecule has 2 aromatic heterocycles. The molecule has 8 nitrogen and oxygen atoms in total. The van der Waals surface area contributed by atoms with Gasteiger partial charge >= 0.3 is 0 Å². The quantitative estimate of drug-likeness (QED) is 0.334. The van der Waals surface area contributed by atoms with Gasteiger partial charge in [-0.25, -0.2) is 23.1 Å². The molecule has 41 heavy (non-hydrogen) atoms. The predicted octanol–water partition coefficient (Wildman–Crippen LogP) is 5.70. The normalized spacial score (nSPS) is 17.5. The van der Waals surface area contributed by atoms with Crippen molar-refractivity contribution in [2.24, 2.45) is 0 Å². The van der Waals surface area contributed by atoms with Crippen LogP contribution in [0.4, 0.5) is 24.7 Å². The van der Waals surface area contributed by atoms with Crippen LogP contribution in [0.25, 0.3) is 10.9 Å². The highest BCUT2D eigenvalue weighted by Gasteiger charge is 2.34. The third-order valence-corrected chi connectivity index (χ3v) is 7.70. The number of benzene rings is 2. The molecule has 0 radical (unpaired) electrons. The Balaban J connectivity index is 1.32. The number of aromatic nitrogens is 3. The zero-order valence-electron chi connectivity index (χ0n) is 22.7. The van der Waals surface area contributed by atoms with Gasteiger partial charge in [-0.15, -0.1) is 0 Å². The van der Waals surface area contributed by atoms with E-state index in [0.29, 0.717) is 60.1 Å². The molecule has 0 unspecified atom stereocenters. The summed E-state index contributed by atoms with van der Waals surface area (Å²) in [7, 11) is 0. The van der Waals surface area contributed by atoms with Gasteiger partial charge in [0.15, 0.2) is 0 Å². The SMILES string of the molecule is Cc1nc(N[C@H](C)c2cccc(C(F)F)c2F)c2cc3c(cc2n1)OCC[C@H]1CN(C(=O)c2cccnc2)CCN31. The summed E-state index contributed by atoms with van der Waals surface area (Å²) in [6.07, 6.45) is 1.05. The van der Waals surface area contributed by atoms with Gasteiger partial charge in [-0.05, 0) is 32.0 Å². The number of aryl methyl sites for hydroxylation is 1. The molecule has 4 aromatic rings. The van der Waals surface area contributed by atoms with Crippen LogP contribution in [0, 0.1) is 12.7 Å². The predicted molar refractivity (Wildman–Crippen MR) is 149 cm³/mol. The largest absolute Gasteiger partial charge is 0.491 e. The molecule has 11 heteroatoms. The number of ether oxygens (including phenoxy) is 1. The van der Waals surface area contributed by atoms with Gasteiger partial charge in [0.2, 0.25) is 0 Å². The summed E-state index contributed by atoms with van der Waals surface area (Å²) in [4.78, 5) is 30.5. The van der Waals surface area contributed by atoms with Crippen LogP contribution in [-0.2, 0) is 0 Å². The fraction of sp³-hybridized carbons (Fsp3) is 0.333. The minimum absolute atomic E-state index is 0.0379. The van der Waals surface area contributed by atoms with Crippen LogP contribution in [-0.4, -0.2) is 58.0 Å². The average Bonchev–Trinajstić information content (AvgIpc) is 3.14. The number of carbonyl (C=O) groups excluding carboxylic acids is 1. The van der Waals surface area contributed by atoms with E-state index in [-0.39, 0.29) is 17.5 Å². The first-order valence-electron chi connectivity index (χ1n) is 13.5. The highest BCUT2D eigenvalue weighted by Crippen LogP contribution is 2.40. The summed E-state index contributed by atoms with van der Waals surface area (Å²) in [5, 5.41) is 3.93. The topological polar surface area (TPSA) is 83.5 Å². The van der Waals surface area contributed by atoms with Crippen LogP contribution >= 0.6 is 0 Å². The molecule has 2 aliphatic rings. The van der Waals surface area contributed by atoms with Crippen LogP contribution in [0.3, 0.4) is 0 Å². The zero-order valence-corrected chi connectivity index (χ0v) is 22.7. The molecule has 2 atom stereocenters. The second-order valence-corrected chi connectivity index (χ2v) is 10.4. The number of hydrogen-bond acceptors (Lipinski definition) is 7. The first-order valence-corrected chi connectivity index (χ1v) is 13.5. The summed E-state index contributed by atoms with van der Waals surface area (Å²) >= 11 is 0. The van der Waals surface area contributed by atoms with Gasteiger partial charge in [-0.2, -0.15) is 0 Å². The van der Waals surface area contributed by atoms with Crippen molar-refractivity contribution in [2.45, 2.75) is 38.8 Å². The highest BCUT2D eigenvalue weighted by atomic mass is 19.3. The Hall–Kier alpha value is -4.41. The van der Waals surface area contributed by atoms with Crippen molar-refractivity contribution in [1.82, 2.24) is 19.9 Å². The number of carbonyl (C=O) groups is 1. The lowest BCUT2D eigenvalue weighted by Crippen LogP contribution is -2.54. The van der Waals surface area contributed by atoms with Crippen LogP contribution in [0.1, 0.15) is 53.1 Å². The third kappa shape index (κ3) is 5.12. The fourth-order valence-corrected chi connectivity index (χ4v) is 5.65. The number of nitrogens with one attached hydrogen (secondary N) is 1. The molecule has 2 aromatic carbocycles. The van der Waals surface area contributed by atoms with Gasteiger partial charge in [0, 0.05) is 55.5 Å². The highest BCUT2D eigenvalue weighted by molar-refractivity contribution is 5.95. The second-order valence-electron chi connectivity index (χ2n) is 10.4. The van der Waals surface area contributed by atoms with Crippen LogP contribution in [0.2, 0.25) is 0 Å². The van der Waals surface area contributed by atoms with E-state index in [1.165, 1.54) is 12.1 Å². The van der Waals surface area contributed by atoms with E-state index in [1.807, 2.05) is 17.0 Å².